The molecule has 0 fully saturated rings. The fourth-order valence-electron chi connectivity index (χ4n) is 2.37. The van der Waals surface area contributed by atoms with E-state index in [9.17, 15) is 9.59 Å². The third-order valence-electron chi connectivity index (χ3n) is 3.73. The largest absolute Gasteiger partial charge is 0.489 e. The van der Waals surface area contributed by atoms with E-state index in [2.05, 4.69) is 5.32 Å². The minimum Gasteiger partial charge on any atom is -0.489 e. The van der Waals surface area contributed by atoms with E-state index < -0.39 is 5.97 Å². The van der Waals surface area contributed by atoms with Crippen molar-refractivity contribution in [1.29, 1.82) is 0 Å². The second-order valence-electron chi connectivity index (χ2n) is 5.64. The molecule has 2 N–H and O–H groups in total. The molecule has 0 unspecified atom stereocenters. The molecule has 0 aliphatic rings. The quantitative estimate of drug-likeness (QED) is 0.700. The maximum Gasteiger partial charge on any atom is 0.335 e. The molecule has 0 saturated heterocycles. The minimum absolute atomic E-state index is 0.166. The van der Waals surface area contributed by atoms with Crippen LogP contribution in [-0.2, 0) is 6.61 Å². The van der Waals surface area contributed by atoms with Gasteiger partial charge in [-0.25, -0.2) is 4.79 Å². The van der Waals surface area contributed by atoms with Gasteiger partial charge in [0.2, 0.25) is 0 Å². The number of carbonyl (C=O) groups excluding carboxylic acids is 1. The van der Waals surface area contributed by atoms with Gasteiger partial charge in [-0.3, -0.25) is 4.79 Å². The lowest BCUT2D eigenvalue weighted by Crippen LogP contribution is -2.12. The van der Waals surface area contributed by atoms with Gasteiger partial charge < -0.3 is 15.2 Å². The van der Waals surface area contributed by atoms with Gasteiger partial charge in [0.15, 0.2) is 0 Å². The number of nitrogens with one attached hydrogen (secondary N) is 1. The molecule has 5 heteroatoms. The van der Waals surface area contributed by atoms with Crippen LogP contribution in [0.5, 0.6) is 5.75 Å². The first kappa shape index (κ1) is 17.2. The average Bonchev–Trinajstić information content (AvgIpc) is 2.68. The van der Waals surface area contributed by atoms with Crippen molar-refractivity contribution in [2.24, 2.45) is 0 Å². The van der Waals surface area contributed by atoms with Gasteiger partial charge in [0.1, 0.15) is 12.4 Å². The second kappa shape index (κ2) is 7.98. The SMILES string of the molecule is O=C(O)c1ccc(NC(=O)c2cccc(OCc3ccccc3)c2)cc1. The highest BCUT2D eigenvalue weighted by atomic mass is 16.5. The lowest BCUT2D eigenvalue weighted by Gasteiger charge is -2.09. The molecule has 3 aromatic rings. The van der Waals surface area contributed by atoms with Crippen LogP contribution in [0.4, 0.5) is 5.69 Å². The van der Waals surface area contributed by atoms with E-state index in [-0.39, 0.29) is 11.5 Å². The van der Waals surface area contributed by atoms with Crippen LogP contribution in [0.25, 0.3) is 0 Å². The predicted octanol–water partition coefficient (Wildman–Crippen LogP) is 4.22. The van der Waals surface area contributed by atoms with E-state index in [1.807, 2.05) is 30.3 Å². The van der Waals surface area contributed by atoms with E-state index in [1.165, 1.54) is 12.1 Å². The molecule has 0 aliphatic carbocycles. The maximum atomic E-state index is 12.4. The Kier molecular flexibility index (Phi) is 5.29. The van der Waals surface area contributed by atoms with Crippen LogP contribution < -0.4 is 10.1 Å². The van der Waals surface area contributed by atoms with Crippen molar-refractivity contribution in [3.63, 3.8) is 0 Å². The molecule has 130 valence electrons. The molecule has 0 bridgehead atoms. The number of aromatic carboxylic acids is 1. The van der Waals surface area contributed by atoms with Crippen LogP contribution in [0, 0.1) is 0 Å². The summed E-state index contributed by atoms with van der Waals surface area (Å²) in [5, 5.41) is 11.6. The van der Waals surface area contributed by atoms with Crippen LogP contribution in [0.3, 0.4) is 0 Å². The van der Waals surface area contributed by atoms with E-state index >= 15 is 0 Å². The molecule has 5 nitrogen and oxygen atoms in total. The second-order valence-corrected chi connectivity index (χ2v) is 5.64. The summed E-state index contributed by atoms with van der Waals surface area (Å²) in [5.41, 5.74) is 2.19. The molecule has 0 aliphatic heterocycles. The molecule has 0 aromatic heterocycles. The number of carbonyl (C=O) groups is 2. The molecule has 3 rings (SSSR count). The average molecular weight is 347 g/mol. The summed E-state index contributed by atoms with van der Waals surface area (Å²) in [6.07, 6.45) is 0. The molecular weight excluding hydrogens is 330 g/mol. The Balaban J connectivity index is 1.65. The van der Waals surface area contributed by atoms with Gasteiger partial charge >= 0.3 is 5.97 Å². The highest BCUT2D eigenvalue weighted by Gasteiger charge is 2.08. The Bertz CT molecular complexity index is 905. The Hall–Kier alpha value is -3.60. The molecule has 0 spiro atoms. The van der Waals surface area contributed by atoms with Crippen LogP contribution in [0.1, 0.15) is 26.3 Å². The normalized spacial score (nSPS) is 10.2. The molecule has 0 heterocycles. The fourth-order valence-corrected chi connectivity index (χ4v) is 2.37. The van der Waals surface area contributed by atoms with E-state index in [0.29, 0.717) is 23.6 Å². The fraction of sp³-hybridized carbons (Fsp3) is 0.0476. The van der Waals surface area contributed by atoms with Gasteiger partial charge in [-0.2, -0.15) is 0 Å². The first-order chi connectivity index (χ1) is 12.6. The summed E-state index contributed by atoms with van der Waals surface area (Å²) >= 11 is 0. The number of benzene rings is 3. The highest BCUT2D eigenvalue weighted by Crippen LogP contribution is 2.17. The molecule has 0 radical (unpaired) electrons. The van der Waals surface area contributed by atoms with Crippen molar-refractivity contribution in [3.8, 4) is 5.75 Å². The number of rotatable bonds is 6. The molecule has 1 amide bonds. The van der Waals surface area contributed by atoms with Gasteiger partial charge in [-0.1, -0.05) is 36.4 Å². The maximum absolute atomic E-state index is 12.4. The van der Waals surface area contributed by atoms with E-state index in [1.54, 1.807) is 36.4 Å². The number of ether oxygens (including phenoxy) is 1. The minimum atomic E-state index is -1.01. The predicted molar refractivity (Wildman–Crippen MR) is 98.6 cm³/mol. The zero-order valence-electron chi connectivity index (χ0n) is 13.9. The van der Waals surface area contributed by atoms with Crippen molar-refractivity contribution in [3.05, 3.63) is 95.6 Å². The Morgan fingerprint density at radius 1 is 0.846 bits per heavy atom. The topological polar surface area (TPSA) is 75.6 Å². The van der Waals surface area contributed by atoms with Crippen molar-refractivity contribution in [1.82, 2.24) is 0 Å². The molecular formula is C21H17NO4. The zero-order valence-corrected chi connectivity index (χ0v) is 13.9. The van der Waals surface area contributed by atoms with E-state index in [0.717, 1.165) is 5.56 Å². The zero-order chi connectivity index (χ0) is 18.4. The summed E-state index contributed by atoms with van der Waals surface area (Å²) in [6, 6.07) is 22.7. The Morgan fingerprint density at radius 2 is 1.58 bits per heavy atom. The standard InChI is InChI=1S/C21H17NO4/c23-20(22-18-11-9-16(10-12-18)21(24)25)17-7-4-8-19(13-17)26-14-15-5-2-1-3-6-15/h1-13H,14H2,(H,22,23)(H,24,25). The molecule has 26 heavy (non-hydrogen) atoms. The lowest BCUT2D eigenvalue weighted by molar-refractivity contribution is 0.0696. The Labute approximate surface area is 150 Å². The van der Waals surface area contributed by atoms with Crippen LogP contribution in [0.15, 0.2) is 78.9 Å². The summed E-state index contributed by atoms with van der Waals surface area (Å²) in [4.78, 5) is 23.2. The van der Waals surface area contributed by atoms with Crippen LogP contribution >= 0.6 is 0 Å². The smallest absolute Gasteiger partial charge is 0.335 e. The van der Waals surface area contributed by atoms with Crippen molar-refractivity contribution in [2.45, 2.75) is 6.61 Å². The van der Waals surface area contributed by atoms with Crippen LogP contribution in [-0.4, -0.2) is 17.0 Å². The number of carboxylic acids is 1. The molecule has 3 aromatic carbocycles. The summed E-state index contributed by atoms with van der Waals surface area (Å²) in [5.74, 6) is -0.702. The van der Waals surface area contributed by atoms with Crippen LogP contribution in [0.2, 0.25) is 0 Å². The summed E-state index contributed by atoms with van der Waals surface area (Å²) in [7, 11) is 0. The van der Waals surface area contributed by atoms with Gasteiger partial charge in [-0.15, -0.1) is 0 Å². The number of hydrogen-bond acceptors (Lipinski definition) is 3. The van der Waals surface area contributed by atoms with Gasteiger partial charge in [-0.05, 0) is 48.0 Å². The number of hydrogen-bond donors (Lipinski definition) is 2. The first-order valence-corrected chi connectivity index (χ1v) is 8.03. The third kappa shape index (κ3) is 4.48. The lowest BCUT2D eigenvalue weighted by atomic mass is 10.1. The highest BCUT2D eigenvalue weighted by molar-refractivity contribution is 6.04. The number of carboxylic acid groups (broad SMARTS) is 1. The Morgan fingerprint density at radius 3 is 2.27 bits per heavy atom. The first-order valence-electron chi connectivity index (χ1n) is 8.03. The van der Waals surface area contributed by atoms with Gasteiger partial charge in [0, 0.05) is 11.3 Å². The molecule has 0 saturated carbocycles. The number of anilines is 1. The van der Waals surface area contributed by atoms with Crippen molar-refractivity contribution < 1.29 is 19.4 Å². The van der Waals surface area contributed by atoms with Gasteiger partial charge in [0.25, 0.3) is 5.91 Å². The van der Waals surface area contributed by atoms with E-state index in [4.69, 9.17) is 9.84 Å². The number of amides is 1. The van der Waals surface area contributed by atoms with Crippen molar-refractivity contribution >= 4 is 17.6 Å². The van der Waals surface area contributed by atoms with Gasteiger partial charge in [0.05, 0.1) is 5.56 Å². The third-order valence-corrected chi connectivity index (χ3v) is 3.73. The van der Waals surface area contributed by atoms with Crippen molar-refractivity contribution in [2.75, 3.05) is 5.32 Å². The summed E-state index contributed by atoms with van der Waals surface area (Å²) < 4.78 is 5.73. The summed E-state index contributed by atoms with van der Waals surface area (Å²) in [6.45, 7) is 0.419. The monoisotopic (exact) mass is 347 g/mol. The molecule has 0 atom stereocenters.